The molecule has 1 aliphatic heterocycles. The van der Waals surface area contributed by atoms with Crippen molar-refractivity contribution in [2.45, 2.75) is 23.2 Å². The Bertz CT molecular complexity index is 267. The van der Waals surface area contributed by atoms with Gasteiger partial charge >= 0.3 is 0 Å². The van der Waals surface area contributed by atoms with E-state index in [-0.39, 0.29) is 0 Å². The number of rotatable bonds is 2. The van der Waals surface area contributed by atoms with Gasteiger partial charge in [0.05, 0.1) is 0 Å². The minimum atomic E-state index is 0.376. The van der Waals surface area contributed by atoms with Gasteiger partial charge < -0.3 is 4.74 Å². The Kier molecular flexibility index (Phi) is 3.30. The van der Waals surface area contributed by atoms with Crippen molar-refractivity contribution in [3.63, 3.8) is 0 Å². The largest absolute Gasteiger partial charge is 0.367 e. The first-order valence-electron chi connectivity index (χ1n) is 4.38. The van der Waals surface area contributed by atoms with Crippen molar-refractivity contribution in [1.82, 2.24) is 0 Å². The van der Waals surface area contributed by atoms with E-state index in [1.165, 1.54) is 17.7 Å². The zero-order chi connectivity index (χ0) is 9.10. The monoisotopic (exact) mass is 258 g/mol. The molecule has 1 unspecified atom stereocenters. The molecule has 1 aromatic rings. The van der Waals surface area contributed by atoms with Gasteiger partial charge in [0.25, 0.3) is 0 Å². The Balaban J connectivity index is 1.97. The highest BCUT2D eigenvalue weighted by Crippen LogP contribution is 2.31. The van der Waals surface area contributed by atoms with Crippen LogP contribution in [0.5, 0.6) is 0 Å². The number of hydrogen-bond acceptors (Lipinski definition) is 2. The van der Waals surface area contributed by atoms with E-state index in [1.54, 1.807) is 0 Å². The number of benzene rings is 1. The zero-order valence-corrected chi connectivity index (χ0v) is 9.61. The van der Waals surface area contributed by atoms with Crippen LogP contribution in [0.25, 0.3) is 0 Å². The van der Waals surface area contributed by atoms with E-state index in [9.17, 15) is 0 Å². The van der Waals surface area contributed by atoms with Crippen LogP contribution in [-0.2, 0) is 4.74 Å². The highest BCUT2D eigenvalue weighted by molar-refractivity contribution is 9.10. The van der Waals surface area contributed by atoms with Gasteiger partial charge in [-0.3, -0.25) is 0 Å². The molecule has 1 nitrogen and oxygen atoms in total. The third-order valence-corrected chi connectivity index (χ3v) is 3.68. The molecule has 0 radical (unpaired) electrons. The minimum absolute atomic E-state index is 0.376. The number of ether oxygens (including phenoxy) is 1. The van der Waals surface area contributed by atoms with Gasteiger partial charge in [-0.15, -0.1) is 0 Å². The predicted octanol–water partition coefficient (Wildman–Crippen LogP) is 3.68. The summed E-state index contributed by atoms with van der Waals surface area (Å²) in [5.41, 5.74) is 0.376. The molecule has 1 aromatic carbocycles. The van der Waals surface area contributed by atoms with Crippen molar-refractivity contribution in [2.24, 2.45) is 0 Å². The van der Waals surface area contributed by atoms with E-state index in [4.69, 9.17) is 4.74 Å². The summed E-state index contributed by atoms with van der Waals surface area (Å²) in [6.07, 6.45) is 2.38. The second-order valence-electron chi connectivity index (χ2n) is 3.01. The molecule has 0 N–H and O–H groups in total. The van der Waals surface area contributed by atoms with E-state index in [1.807, 2.05) is 11.8 Å². The molecule has 2 rings (SSSR count). The Labute approximate surface area is 91.0 Å². The van der Waals surface area contributed by atoms with E-state index >= 15 is 0 Å². The van der Waals surface area contributed by atoms with Crippen LogP contribution >= 0.6 is 27.7 Å². The van der Waals surface area contributed by atoms with Gasteiger partial charge in [0.1, 0.15) is 5.44 Å². The summed E-state index contributed by atoms with van der Waals surface area (Å²) in [6.45, 7) is 0.925. The van der Waals surface area contributed by atoms with Crippen molar-refractivity contribution < 1.29 is 4.74 Å². The minimum Gasteiger partial charge on any atom is -0.367 e. The lowest BCUT2D eigenvalue weighted by Crippen LogP contribution is -1.97. The zero-order valence-electron chi connectivity index (χ0n) is 7.20. The summed E-state index contributed by atoms with van der Waals surface area (Å²) >= 11 is 5.23. The Hall–Kier alpha value is 0.01000. The van der Waals surface area contributed by atoms with Crippen LogP contribution < -0.4 is 0 Å². The first-order valence-corrected chi connectivity index (χ1v) is 6.06. The van der Waals surface area contributed by atoms with Crippen LogP contribution in [-0.4, -0.2) is 12.0 Å². The number of thioether (sulfide) groups is 1. The smallest absolute Gasteiger partial charge is 0.107 e. The normalized spacial score (nSPS) is 22.1. The molecule has 0 aromatic heterocycles. The molecule has 1 aliphatic rings. The first-order chi connectivity index (χ1) is 6.34. The van der Waals surface area contributed by atoms with Crippen molar-refractivity contribution >= 4 is 27.7 Å². The van der Waals surface area contributed by atoms with Gasteiger partial charge in [-0.05, 0) is 37.1 Å². The van der Waals surface area contributed by atoms with E-state index < -0.39 is 0 Å². The second kappa shape index (κ2) is 4.49. The Morgan fingerprint density at radius 1 is 1.31 bits per heavy atom. The summed E-state index contributed by atoms with van der Waals surface area (Å²) < 4.78 is 6.67. The highest BCUT2D eigenvalue weighted by Gasteiger charge is 2.16. The quantitative estimate of drug-likeness (QED) is 0.801. The molecular weight excluding hydrogens is 248 g/mol. The summed E-state index contributed by atoms with van der Waals surface area (Å²) in [7, 11) is 0. The molecule has 1 saturated heterocycles. The summed E-state index contributed by atoms with van der Waals surface area (Å²) in [4.78, 5) is 1.29. The van der Waals surface area contributed by atoms with Gasteiger partial charge in [0.2, 0.25) is 0 Å². The average Bonchev–Trinajstić information content (AvgIpc) is 2.62. The maximum Gasteiger partial charge on any atom is 0.107 e. The molecule has 1 atom stereocenters. The van der Waals surface area contributed by atoms with E-state index in [0.717, 1.165) is 11.1 Å². The summed E-state index contributed by atoms with van der Waals surface area (Å²) in [5, 5.41) is 0. The van der Waals surface area contributed by atoms with Crippen LogP contribution in [0.3, 0.4) is 0 Å². The van der Waals surface area contributed by atoms with Crippen LogP contribution in [0.15, 0.2) is 33.6 Å². The molecule has 1 heterocycles. The van der Waals surface area contributed by atoms with Crippen LogP contribution in [0.1, 0.15) is 12.8 Å². The number of hydrogen-bond donors (Lipinski definition) is 0. The fourth-order valence-electron chi connectivity index (χ4n) is 1.31. The lowest BCUT2D eigenvalue weighted by atomic mass is 10.4. The predicted molar refractivity (Wildman–Crippen MR) is 59.0 cm³/mol. The molecule has 0 spiro atoms. The van der Waals surface area contributed by atoms with Crippen LogP contribution in [0.4, 0.5) is 0 Å². The summed E-state index contributed by atoms with van der Waals surface area (Å²) in [6, 6.07) is 8.38. The lowest BCUT2D eigenvalue weighted by molar-refractivity contribution is 0.173. The Morgan fingerprint density at radius 3 is 2.69 bits per heavy atom. The SMILES string of the molecule is Brc1ccc(SC2CCCO2)cc1. The highest BCUT2D eigenvalue weighted by atomic mass is 79.9. The van der Waals surface area contributed by atoms with Gasteiger partial charge in [-0.2, -0.15) is 0 Å². The molecule has 70 valence electrons. The molecule has 0 amide bonds. The maximum atomic E-state index is 5.54. The average molecular weight is 259 g/mol. The first kappa shape index (κ1) is 9.56. The molecule has 1 fully saturated rings. The molecule has 0 saturated carbocycles. The van der Waals surface area contributed by atoms with Crippen LogP contribution in [0.2, 0.25) is 0 Å². The van der Waals surface area contributed by atoms with Gasteiger partial charge in [0.15, 0.2) is 0 Å². The maximum absolute atomic E-state index is 5.54. The lowest BCUT2D eigenvalue weighted by Gasteiger charge is -2.08. The molecular formula is C10H11BrOS. The second-order valence-corrected chi connectivity index (χ2v) is 5.16. The number of halogens is 1. The fraction of sp³-hybridized carbons (Fsp3) is 0.400. The van der Waals surface area contributed by atoms with Crippen molar-refractivity contribution in [1.29, 1.82) is 0 Å². The molecule has 13 heavy (non-hydrogen) atoms. The van der Waals surface area contributed by atoms with Gasteiger partial charge in [-0.25, -0.2) is 0 Å². The third-order valence-electron chi connectivity index (χ3n) is 1.97. The third kappa shape index (κ3) is 2.73. The molecule has 0 aliphatic carbocycles. The van der Waals surface area contributed by atoms with Crippen molar-refractivity contribution in [3.05, 3.63) is 28.7 Å². The molecule has 3 heteroatoms. The summed E-state index contributed by atoms with van der Waals surface area (Å²) in [5.74, 6) is 0. The van der Waals surface area contributed by atoms with Gasteiger partial charge in [-0.1, -0.05) is 27.7 Å². The van der Waals surface area contributed by atoms with E-state index in [2.05, 4.69) is 40.2 Å². The van der Waals surface area contributed by atoms with Crippen molar-refractivity contribution in [2.75, 3.05) is 6.61 Å². The van der Waals surface area contributed by atoms with Crippen LogP contribution in [0, 0.1) is 0 Å². The van der Waals surface area contributed by atoms with Crippen molar-refractivity contribution in [3.8, 4) is 0 Å². The van der Waals surface area contributed by atoms with Gasteiger partial charge in [0, 0.05) is 16.0 Å². The van der Waals surface area contributed by atoms with E-state index in [0.29, 0.717) is 5.44 Å². The standard InChI is InChI=1S/C10H11BrOS/c11-8-3-5-9(6-4-8)13-10-2-1-7-12-10/h3-6,10H,1-2,7H2. The topological polar surface area (TPSA) is 9.23 Å². The molecule has 0 bridgehead atoms. The fourth-order valence-corrected chi connectivity index (χ4v) is 2.62. The Morgan fingerprint density at radius 2 is 2.08 bits per heavy atom.